The molecule has 1 aromatic heterocycles. The maximum Gasteiger partial charge on any atom is 0.181 e. The van der Waals surface area contributed by atoms with Gasteiger partial charge in [0.1, 0.15) is 0 Å². The number of ketones is 1. The number of Topliss-reactive ketones (excluding diaryl/α,β-unsaturated/α-hetero) is 1. The summed E-state index contributed by atoms with van der Waals surface area (Å²) in [6.07, 6.45) is 0.923. The van der Waals surface area contributed by atoms with Crippen LogP contribution in [0.1, 0.15) is 23.0 Å². The van der Waals surface area contributed by atoms with Gasteiger partial charge in [-0.15, -0.1) is 11.3 Å². The van der Waals surface area contributed by atoms with Crippen molar-refractivity contribution in [3.05, 3.63) is 22.4 Å². The van der Waals surface area contributed by atoms with E-state index in [1.54, 1.807) is 11.3 Å². The maximum atomic E-state index is 12.1. The Morgan fingerprint density at radius 2 is 2.06 bits per heavy atom. The molecular weight excluding hydrogens is 333 g/mol. The zero-order chi connectivity index (χ0) is 11.5. The molecule has 0 spiro atoms. The van der Waals surface area contributed by atoms with Crippen molar-refractivity contribution in [1.82, 2.24) is 0 Å². The Labute approximate surface area is 119 Å². The molecule has 0 aliphatic heterocycles. The standard InChI is InChI=1S/C12H20NOS.HI/c1-5-10(9-13(2,3)4)12(14)11-7-6-8-15-11;/h6-8,10H,5,9H2,1-4H3;1H/q+1;/p-1. The van der Waals surface area contributed by atoms with Crippen molar-refractivity contribution in [2.45, 2.75) is 13.3 Å². The summed E-state index contributed by atoms with van der Waals surface area (Å²) in [6, 6.07) is 3.86. The average Bonchev–Trinajstić information content (AvgIpc) is 2.64. The number of quaternary nitrogens is 1. The Balaban J connectivity index is 0.00000225. The van der Waals surface area contributed by atoms with Crippen LogP contribution in [0.4, 0.5) is 0 Å². The van der Waals surface area contributed by atoms with Crippen LogP contribution in [0.15, 0.2) is 17.5 Å². The van der Waals surface area contributed by atoms with Crippen molar-refractivity contribution < 1.29 is 33.3 Å². The van der Waals surface area contributed by atoms with Crippen molar-refractivity contribution >= 4 is 17.1 Å². The highest BCUT2D eigenvalue weighted by molar-refractivity contribution is 7.12. The molecule has 16 heavy (non-hydrogen) atoms. The van der Waals surface area contributed by atoms with Gasteiger partial charge in [0.2, 0.25) is 0 Å². The van der Waals surface area contributed by atoms with Gasteiger partial charge in [-0.25, -0.2) is 0 Å². The van der Waals surface area contributed by atoms with Crippen molar-refractivity contribution in [2.24, 2.45) is 5.92 Å². The first kappa shape index (κ1) is 16.1. The lowest BCUT2D eigenvalue weighted by Gasteiger charge is -2.27. The summed E-state index contributed by atoms with van der Waals surface area (Å²) in [4.78, 5) is 13.0. The topological polar surface area (TPSA) is 17.1 Å². The first-order chi connectivity index (χ1) is 6.94. The Kier molecular flexibility index (Phi) is 6.74. The van der Waals surface area contributed by atoms with Gasteiger partial charge < -0.3 is 28.5 Å². The zero-order valence-corrected chi connectivity index (χ0v) is 13.3. The van der Waals surface area contributed by atoms with E-state index in [2.05, 4.69) is 28.1 Å². The number of hydrogen-bond acceptors (Lipinski definition) is 2. The number of hydrogen-bond donors (Lipinski definition) is 0. The summed E-state index contributed by atoms with van der Waals surface area (Å²) in [6.45, 7) is 3.00. The van der Waals surface area contributed by atoms with Gasteiger partial charge in [-0.1, -0.05) is 13.0 Å². The van der Waals surface area contributed by atoms with Crippen LogP contribution in [0.5, 0.6) is 0 Å². The number of carbonyl (C=O) groups excluding carboxylic acids is 1. The van der Waals surface area contributed by atoms with Gasteiger partial charge in [-0.05, 0) is 17.9 Å². The molecule has 0 aliphatic carbocycles. The van der Waals surface area contributed by atoms with Crippen LogP contribution in [0, 0.1) is 5.92 Å². The van der Waals surface area contributed by atoms with Gasteiger partial charge in [0.25, 0.3) is 0 Å². The molecule has 0 fully saturated rings. The highest BCUT2D eigenvalue weighted by Crippen LogP contribution is 2.18. The average molecular weight is 353 g/mol. The fraction of sp³-hybridized carbons (Fsp3) is 0.583. The third-order valence-electron chi connectivity index (χ3n) is 2.40. The van der Waals surface area contributed by atoms with E-state index in [-0.39, 0.29) is 29.9 Å². The molecule has 0 saturated heterocycles. The first-order valence-electron chi connectivity index (χ1n) is 5.32. The Bertz CT molecular complexity index is 316. The molecule has 0 bridgehead atoms. The summed E-state index contributed by atoms with van der Waals surface area (Å²) >= 11 is 1.54. The van der Waals surface area contributed by atoms with E-state index < -0.39 is 0 Å². The second-order valence-electron chi connectivity index (χ2n) is 4.92. The molecule has 1 unspecified atom stereocenters. The Hall–Kier alpha value is 0.0600. The van der Waals surface area contributed by atoms with Gasteiger partial charge in [-0.2, -0.15) is 0 Å². The maximum absolute atomic E-state index is 12.1. The van der Waals surface area contributed by atoms with Crippen LogP contribution in [-0.2, 0) is 0 Å². The van der Waals surface area contributed by atoms with Crippen LogP contribution >= 0.6 is 11.3 Å². The third-order valence-corrected chi connectivity index (χ3v) is 3.28. The molecule has 1 aromatic rings. The van der Waals surface area contributed by atoms with Crippen LogP contribution in [0.2, 0.25) is 0 Å². The van der Waals surface area contributed by atoms with E-state index in [1.165, 1.54) is 0 Å². The second kappa shape index (κ2) is 6.71. The predicted molar refractivity (Wildman–Crippen MR) is 65.3 cm³/mol. The lowest BCUT2D eigenvalue weighted by molar-refractivity contribution is -0.872. The minimum atomic E-state index is 0. The SMILES string of the molecule is CCC(C[N+](C)(C)C)C(=O)c1cccs1.[I-]. The quantitative estimate of drug-likeness (QED) is 0.403. The van der Waals surface area contributed by atoms with Crippen LogP contribution < -0.4 is 24.0 Å². The van der Waals surface area contributed by atoms with Crippen molar-refractivity contribution in [1.29, 1.82) is 0 Å². The van der Waals surface area contributed by atoms with Gasteiger partial charge in [0.05, 0.1) is 38.5 Å². The van der Waals surface area contributed by atoms with E-state index in [4.69, 9.17) is 0 Å². The predicted octanol–water partition coefficient (Wildman–Crippen LogP) is -0.333. The monoisotopic (exact) mass is 353 g/mol. The normalized spacial score (nSPS) is 13.0. The van der Waals surface area contributed by atoms with Crippen LogP contribution in [-0.4, -0.2) is 38.0 Å². The minimum absolute atomic E-state index is 0. The van der Waals surface area contributed by atoms with E-state index in [0.717, 1.165) is 22.3 Å². The van der Waals surface area contributed by atoms with Crippen LogP contribution in [0.3, 0.4) is 0 Å². The lowest BCUT2D eigenvalue weighted by Crippen LogP contribution is -3.00. The summed E-state index contributed by atoms with van der Waals surface area (Å²) in [7, 11) is 6.39. The minimum Gasteiger partial charge on any atom is -1.00 e. The smallest absolute Gasteiger partial charge is 0.181 e. The molecule has 0 aromatic carbocycles. The number of carbonyl (C=O) groups is 1. The number of thiophene rings is 1. The lowest BCUT2D eigenvalue weighted by atomic mass is 9.99. The fourth-order valence-corrected chi connectivity index (χ4v) is 2.42. The third kappa shape index (κ3) is 4.93. The fourth-order valence-electron chi connectivity index (χ4n) is 1.68. The van der Waals surface area contributed by atoms with E-state index >= 15 is 0 Å². The van der Waals surface area contributed by atoms with Crippen molar-refractivity contribution in [3.8, 4) is 0 Å². The zero-order valence-electron chi connectivity index (χ0n) is 10.4. The molecule has 0 amide bonds. The van der Waals surface area contributed by atoms with E-state index in [9.17, 15) is 4.79 Å². The molecule has 92 valence electrons. The molecular formula is C12H20INOS. The molecule has 0 N–H and O–H groups in total. The summed E-state index contributed by atoms with van der Waals surface area (Å²) in [5.74, 6) is 0.462. The van der Waals surface area contributed by atoms with Gasteiger partial charge in [0, 0.05) is 0 Å². The molecule has 1 atom stereocenters. The van der Waals surface area contributed by atoms with Crippen molar-refractivity contribution in [3.63, 3.8) is 0 Å². The number of rotatable bonds is 5. The van der Waals surface area contributed by atoms with Gasteiger partial charge in [-0.3, -0.25) is 4.79 Å². The first-order valence-corrected chi connectivity index (χ1v) is 6.20. The van der Waals surface area contributed by atoms with E-state index in [1.807, 2.05) is 17.5 Å². The summed E-state index contributed by atoms with van der Waals surface area (Å²) in [5, 5.41) is 1.96. The van der Waals surface area contributed by atoms with Gasteiger partial charge in [0.15, 0.2) is 5.78 Å². The molecule has 0 aliphatic rings. The summed E-state index contributed by atoms with van der Waals surface area (Å²) in [5.41, 5.74) is 0. The van der Waals surface area contributed by atoms with Crippen molar-refractivity contribution in [2.75, 3.05) is 27.7 Å². The number of halogens is 1. The molecule has 0 saturated carbocycles. The highest BCUT2D eigenvalue weighted by atomic mass is 127. The Morgan fingerprint density at radius 1 is 1.44 bits per heavy atom. The molecule has 1 heterocycles. The van der Waals surface area contributed by atoms with Gasteiger partial charge >= 0.3 is 0 Å². The second-order valence-corrected chi connectivity index (χ2v) is 5.87. The Morgan fingerprint density at radius 3 is 2.44 bits per heavy atom. The largest absolute Gasteiger partial charge is 1.00 e. The summed E-state index contributed by atoms with van der Waals surface area (Å²) < 4.78 is 0.843. The molecule has 4 heteroatoms. The molecule has 0 radical (unpaired) electrons. The van der Waals surface area contributed by atoms with Crippen LogP contribution in [0.25, 0.3) is 0 Å². The number of nitrogens with zero attached hydrogens (tertiary/aromatic N) is 1. The van der Waals surface area contributed by atoms with E-state index in [0.29, 0.717) is 5.78 Å². The highest BCUT2D eigenvalue weighted by Gasteiger charge is 2.24. The molecule has 1 rings (SSSR count). The molecule has 2 nitrogen and oxygen atoms in total.